The quantitative estimate of drug-likeness (QED) is 0.758. The van der Waals surface area contributed by atoms with Gasteiger partial charge in [0.1, 0.15) is 11.5 Å². The van der Waals surface area contributed by atoms with Crippen LogP contribution in [0.2, 0.25) is 10.0 Å². The molecule has 5 nitrogen and oxygen atoms in total. The highest BCUT2D eigenvalue weighted by Gasteiger charge is 2.22. The van der Waals surface area contributed by atoms with Gasteiger partial charge in [-0.1, -0.05) is 35.0 Å². The normalized spacial score (nSPS) is 12.6. The van der Waals surface area contributed by atoms with Crippen molar-refractivity contribution in [2.24, 2.45) is 0 Å². The first-order valence-corrected chi connectivity index (χ1v) is 9.63. The van der Waals surface area contributed by atoms with E-state index in [2.05, 4.69) is 16.6 Å². The summed E-state index contributed by atoms with van der Waals surface area (Å²) in [5.74, 6) is 5.19. The van der Waals surface area contributed by atoms with E-state index < -0.39 is 20.8 Å². The second-order valence-electron chi connectivity index (χ2n) is 3.90. The molecular formula is C12H13Cl2NO4S2. The highest BCUT2D eigenvalue weighted by Crippen LogP contribution is 2.30. The Balaban J connectivity index is 3.10. The van der Waals surface area contributed by atoms with Gasteiger partial charge in [0.25, 0.3) is 0 Å². The molecule has 0 spiro atoms. The van der Waals surface area contributed by atoms with Gasteiger partial charge in [0.2, 0.25) is 10.0 Å². The van der Waals surface area contributed by atoms with E-state index in [1.165, 1.54) is 18.4 Å². The number of aliphatic hydroxyl groups excluding tert-OH is 1. The maximum Gasteiger partial charge on any atom is 0.243 e. The Hall–Kier alpha value is -0.620. The summed E-state index contributed by atoms with van der Waals surface area (Å²) in [4.78, 5) is -0.248. The van der Waals surface area contributed by atoms with Gasteiger partial charge in [-0.2, -0.15) is 0 Å². The Bertz CT molecular complexity index is 685. The van der Waals surface area contributed by atoms with E-state index in [-0.39, 0.29) is 33.8 Å². The highest BCUT2D eigenvalue weighted by molar-refractivity contribution is 7.89. The maximum atomic E-state index is 12.1. The SMILES string of the molecule is CS(=O)CCNS(=O)(=O)c1c(Cl)cc(C#CCO)cc1Cl. The first-order chi connectivity index (χ1) is 9.77. The lowest BCUT2D eigenvalue weighted by atomic mass is 10.2. The molecule has 1 rings (SSSR count). The van der Waals surface area contributed by atoms with Gasteiger partial charge in [0.15, 0.2) is 0 Å². The fraction of sp³-hybridized carbons (Fsp3) is 0.333. The molecule has 0 saturated heterocycles. The molecule has 0 aromatic heterocycles. The van der Waals surface area contributed by atoms with Crippen molar-refractivity contribution in [3.63, 3.8) is 0 Å². The third kappa shape index (κ3) is 5.58. The van der Waals surface area contributed by atoms with Crippen molar-refractivity contribution in [2.75, 3.05) is 25.2 Å². The largest absolute Gasteiger partial charge is 0.384 e. The second kappa shape index (κ2) is 8.13. The molecule has 0 radical (unpaired) electrons. The van der Waals surface area contributed by atoms with Gasteiger partial charge in [-0.15, -0.1) is 0 Å². The number of hydrogen-bond donors (Lipinski definition) is 2. The van der Waals surface area contributed by atoms with Crippen LogP contribution >= 0.6 is 23.2 Å². The Morgan fingerprint density at radius 2 is 1.90 bits per heavy atom. The standard InChI is InChI=1S/C12H13Cl2NO4S2/c1-20(17)6-4-15-21(18,19)12-10(13)7-9(3-2-5-16)8-11(12)14/h7-8,15-16H,4-6H2,1H3. The second-order valence-corrected chi connectivity index (χ2v) is 7.98. The topological polar surface area (TPSA) is 83.5 Å². The number of rotatable bonds is 5. The fourth-order valence-corrected chi connectivity index (χ4v) is 4.18. The summed E-state index contributed by atoms with van der Waals surface area (Å²) >= 11 is 11.9. The minimum Gasteiger partial charge on any atom is -0.384 e. The van der Waals surface area contributed by atoms with E-state index in [1.54, 1.807) is 0 Å². The minimum atomic E-state index is -3.90. The summed E-state index contributed by atoms with van der Waals surface area (Å²) < 4.78 is 37.5. The molecule has 21 heavy (non-hydrogen) atoms. The predicted molar refractivity (Wildman–Crippen MR) is 84.5 cm³/mol. The summed E-state index contributed by atoms with van der Waals surface area (Å²) in [5, 5.41) is 8.47. The van der Waals surface area contributed by atoms with Crippen molar-refractivity contribution in [3.05, 3.63) is 27.7 Å². The molecule has 1 unspecified atom stereocenters. The Morgan fingerprint density at radius 1 is 1.33 bits per heavy atom. The van der Waals surface area contributed by atoms with Gasteiger partial charge < -0.3 is 5.11 Å². The summed E-state index contributed by atoms with van der Waals surface area (Å²) in [6, 6.07) is 2.70. The number of hydrogen-bond acceptors (Lipinski definition) is 4. The molecular weight excluding hydrogens is 357 g/mol. The van der Waals surface area contributed by atoms with Crippen LogP contribution < -0.4 is 4.72 Å². The van der Waals surface area contributed by atoms with Crippen LogP contribution in [0.15, 0.2) is 17.0 Å². The highest BCUT2D eigenvalue weighted by atomic mass is 35.5. The van der Waals surface area contributed by atoms with Gasteiger partial charge >= 0.3 is 0 Å². The third-order valence-electron chi connectivity index (χ3n) is 2.26. The van der Waals surface area contributed by atoms with E-state index in [0.29, 0.717) is 5.56 Å². The van der Waals surface area contributed by atoms with Crippen LogP contribution in [-0.4, -0.2) is 42.9 Å². The molecule has 0 aliphatic rings. The number of sulfonamides is 1. The maximum absolute atomic E-state index is 12.1. The molecule has 0 aliphatic heterocycles. The molecule has 0 fully saturated rings. The summed E-state index contributed by atoms with van der Waals surface area (Å²) in [7, 11) is -5.01. The molecule has 1 aromatic carbocycles. The van der Waals surface area contributed by atoms with Crippen LogP contribution in [-0.2, 0) is 20.8 Å². The molecule has 0 amide bonds. The molecule has 0 saturated carbocycles. The number of benzene rings is 1. The molecule has 0 aliphatic carbocycles. The van der Waals surface area contributed by atoms with Gasteiger partial charge in [0.05, 0.1) is 10.0 Å². The van der Waals surface area contributed by atoms with Crippen LogP contribution in [0, 0.1) is 11.8 Å². The molecule has 9 heteroatoms. The van der Waals surface area contributed by atoms with Crippen LogP contribution in [0.1, 0.15) is 5.56 Å². The molecule has 2 N–H and O–H groups in total. The monoisotopic (exact) mass is 369 g/mol. The van der Waals surface area contributed by atoms with E-state index in [4.69, 9.17) is 28.3 Å². The van der Waals surface area contributed by atoms with Gasteiger partial charge in [0, 0.05) is 34.9 Å². The lowest BCUT2D eigenvalue weighted by Gasteiger charge is -2.10. The molecule has 116 valence electrons. The third-order valence-corrected chi connectivity index (χ3v) is 5.42. The van der Waals surface area contributed by atoms with Gasteiger partial charge in [-0.3, -0.25) is 4.21 Å². The Morgan fingerprint density at radius 3 is 2.38 bits per heavy atom. The van der Waals surface area contributed by atoms with Crippen LogP contribution in [0.5, 0.6) is 0 Å². The smallest absolute Gasteiger partial charge is 0.243 e. The van der Waals surface area contributed by atoms with Crippen LogP contribution in [0.25, 0.3) is 0 Å². The van der Waals surface area contributed by atoms with E-state index >= 15 is 0 Å². The number of halogens is 2. The fourth-order valence-electron chi connectivity index (χ4n) is 1.42. The van der Waals surface area contributed by atoms with Crippen molar-refractivity contribution >= 4 is 44.0 Å². The molecule has 0 bridgehead atoms. The zero-order chi connectivity index (χ0) is 16.0. The first kappa shape index (κ1) is 18.4. The molecule has 0 heterocycles. The Labute approximate surface area is 136 Å². The molecule has 1 atom stereocenters. The van der Waals surface area contributed by atoms with E-state index in [1.807, 2.05) is 0 Å². The lowest BCUT2D eigenvalue weighted by molar-refractivity contribution is 0.350. The van der Waals surface area contributed by atoms with Crippen molar-refractivity contribution in [3.8, 4) is 11.8 Å². The van der Waals surface area contributed by atoms with Crippen molar-refractivity contribution < 1.29 is 17.7 Å². The van der Waals surface area contributed by atoms with Gasteiger partial charge in [-0.05, 0) is 12.1 Å². The summed E-state index contributed by atoms with van der Waals surface area (Å²) in [6.07, 6.45) is 1.48. The van der Waals surface area contributed by atoms with E-state index in [9.17, 15) is 12.6 Å². The molecule has 1 aromatic rings. The lowest BCUT2D eigenvalue weighted by Crippen LogP contribution is -2.28. The Kier molecular flexibility index (Phi) is 7.13. The first-order valence-electron chi connectivity index (χ1n) is 5.66. The van der Waals surface area contributed by atoms with Crippen molar-refractivity contribution in [1.29, 1.82) is 0 Å². The zero-order valence-electron chi connectivity index (χ0n) is 11.0. The number of aliphatic hydroxyl groups is 1. The van der Waals surface area contributed by atoms with Gasteiger partial charge in [-0.25, -0.2) is 13.1 Å². The summed E-state index contributed by atoms with van der Waals surface area (Å²) in [6.45, 7) is -0.310. The number of nitrogens with one attached hydrogen (secondary N) is 1. The average Bonchev–Trinajstić information content (AvgIpc) is 2.34. The minimum absolute atomic E-state index is 0.0180. The summed E-state index contributed by atoms with van der Waals surface area (Å²) in [5.41, 5.74) is 0.396. The van der Waals surface area contributed by atoms with Crippen molar-refractivity contribution in [1.82, 2.24) is 4.72 Å². The van der Waals surface area contributed by atoms with Crippen LogP contribution in [0.4, 0.5) is 0 Å². The van der Waals surface area contributed by atoms with E-state index in [0.717, 1.165) is 0 Å². The zero-order valence-corrected chi connectivity index (χ0v) is 14.2. The average molecular weight is 370 g/mol. The van der Waals surface area contributed by atoms with Crippen LogP contribution in [0.3, 0.4) is 0 Å². The van der Waals surface area contributed by atoms with Crippen molar-refractivity contribution in [2.45, 2.75) is 4.90 Å². The predicted octanol–water partition coefficient (Wildman–Crippen LogP) is 0.994.